The van der Waals surface area contributed by atoms with Crippen molar-refractivity contribution in [1.29, 1.82) is 0 Å². The number of aliphatic hydroxyl groups is 2. The summed E-state index contributed by atoms with van der Waals surface area (Å²) in [5, 5.41) is 29.7. The second-order valence-electron chi connectivity index (χ2n) is 3.31. The highest BCUT2D eigenvalue weighted by atomic mass is 16.6. The van der Waals surface area contributed by atoms with Gasteiger partial charge < -0.3 is 20.7 Å². The molecule has 0 fully saturated rings. The molecule has 0 aliphatic carbocycles. The molecule has 1 rings (SSSR count). The van der Waals surface area contributed by atoms with Crippen molar-refractivity contribution in [3.63, 3.8) is 0 Å². The van der Waals surface area contributed by atoms with E-state index < -0.39 is 34.4 Å². The number of hydrogen-bond donors (Lipinski definition) is 3. The molecule has 1 aromatic heterocycles. The van der Waals surface area contributed by atoms with E-state index in [1.165, 1.54) is 13.2 Å². The quantitative estimate of drug-likeness (QED) is 0.446. The first kappa shape index (κ1) is 13.8. The number of hydrogen-bond acceptors (Lipinski definition) is 7. The van der Waals surface area contributed by atoms with Crippen molar-refractivity contribution >= 4 is 11.6 Å². The fourth-order valence-electron chi connectivity index (χ4n) is 1.24. The van der Waals surface area contributed by atoms with Crippen molar-refractivity contribution in [2.45, 2.75) is 12.2 Å². The maximum absolute atomic E-state index is 10.7. The average molecular weight is 257 g/mol. The molecule has 4 N–H and O–H groups in total. The van der Waals surface area contributed by atoms with E-state index in [1.807, 2.05) is 0 Å². The lowest BCUT2D eigenvalue weighted by Gasteiger charge is -2.14. The van der Waals surface area contributed by atoms with Crippen LogP contribution in [-0.2, 0) is 4.79 Å². The van der Waals surface area contributed by atoms with Crippen LogP contribution >= 0.6 is 0 Å². The van der Waals surface area contributed by atoms with Gasteiger partial charge in [-0.3, -0.25) is 14.9 Å². The number of aliphatic hydroxyl groups excluding tert-OH is 2. The van der Waals surface area contributed by atoms with Crippen LogP contribution in [0, 0.1) is 10.1 Å². The van der Waals surface area contributed by atoms with Crippen LogP contribution in [0.25, 0.3) is 0 Å². The zero-order valence-corrected chi connectivity index (χ0v) is 9.31. The van der Waals surface area contributed by atoms with Gasteiger partial charge in [-0.15, -0.1) is 0 Å². The van der Waals surface area contributed by atoms with Crippen molar-refractivity contribution in [3.8, 4) is 5.88 Å². The highest BCUT2D eigenvalue weighted by molar-refractivity contribution is 5.79. The monoisotopic (exact) mass is 257 g/mol. The van der Waals surface area contributed by atoms with E-state index in [9.17, 15) is 25.1 Å². The van der Waals surface area contributed by atoms with Gasteiger partial charge in [-0.25, -0.2) is 4.98 Å². The number of nitro groups is 1. The summed E-state index contributed by atoms with van der Waals surface area (Å²) >= 11 is 0. The van der Waals surface area contributed by atoms with Gasteiger partial charge in [0.1, 0.15) is 6.10 Å². The van der Waals surface area contributed by atoms with Crippen LogP contribution in [0.3, 0.4) is 0 Å². The third-order valence-corrected chi connectivity index (χ3v) is 2.15. The Balaban J connectivity index is 3.26. The molecule has 0 bridgehead atoms. The number of pyridine rings is 1. The summed E-state index contributed by atoms with van der Waals surface area (Å²) in [6, 6.07) is 2.25. The Kier molecular flexibility index (Phi) is 4.13. The molecule has 1 aromatic rings. The molecule has 0 saturated carbocycles. The fraction of sp³-hybridized carbons (Fsp3) is 0.333. The van der Waals surface area contributed by atoms with Gasteiger partial charge in [0.05, 0.1) is 12.0 Å². The lowest BCUT2D eigenvalue weighted by molar-refractivity contribution is -0.386. The summed E-state index contributed by atoms with van der Waals surface area (Å²) in [5.41, 5.74) is 3.75. The minimum Gasteiger partial charge on any atom is -0.481 e. The van der Waals surface area contributed by atoms with Crippen molar-refractivity contribution in [2.24, 2.45) is 5.73 Å². The van der Waals surface area contributed by atoms with Gasteiger partial charge in [0.25, 0.3) is 5.69 Å². The van der Waals surface area contributed by atoms with E-state index in [4.69, 9.17) is 10.5 Å². The van der Waals surface area contributed by atoms with Gasteiger partial charge in [-0.1, -0.05) is 0 Å². The van der Waals surface area contributed by atoms with E-state index >= 15 is 0 Å². The summed E-state index contributed by atoms with van der Waals surface area (Å²) in [6.07, 6.45) is -3.90. The summed E-state index contributed by atoms with van der Waals surface area (Å²) < 4.78 is 4.74. The Morgan fingerprint density at radius 2 is 2.17 bits per heavy atom. The summed E-state index contributed by atoms with van der Waals surface area (Å²) in [6.45, 7) is 0. The van der Waals surface area contributed by atoms with E-state index in [1.54, 1.807) is 0 Å². The summed E-state index contributed by atoms with van der Waals surface area (Å²) in [5.74, 6) is -1.23. The van der Waals surface area contributed by atoms with Crippen LogP contribution in [0.1, 0.15) is 11.8 Å². The Labute approximate surface area is 101 Å². The molecule has 2 unspecified atom stereocenters. The van der Waals surface area contributed by atoms with Gasteiger partial charge in [0.2, 0.25) is 11.8 Å². The van der Waals surface area contributed by atoms with Crippen LogP contribution in [0.5, 0.6) is 5.88 Å². The number of ether oxygens (including phenoxy) is 1. The molecule has 0 aliphatic heterocycles. The number of nitrogens with two attached hydrogens (primary N) is 1. The topological polar surface area (TPSA) is 149 Å². The van der Waals surface area contributed by atoms with Gasteiger partial charge in [-0.2, -0.15) is 0 Å². The zero-order valence-electron chi connectivity index (χ0n) is 9.31. The van der Waals surface area contributed by atoms with Gasteiger partial charge in [-0.05, 0) is 0 Å². The fourth-order valence-corrected chi connectivity index (χ4v) is 1.24. The van der Waals surface area contributed by atoms with E-state index in [-0.39, 0.29) is 5.88 Å². The molecule has 0 aliphatic rings. The number of aromatic nitrogens is 1. The predicted octanol–water partition coefficient (Wildman–Crippen LogP) is -1.12. The second-order valence-corrected chi connectivity index (χ2v) is 3.31. The van der Waals surface area contributed by atoms with E-state index in [0.717, 1.165) is 6.07 Å². The molecule has 0 aromatic carbocycles. The molecule has 0 saturated heterocycles. The first-order valence-corrected chi connectivity index (χ1v) is 4.73. The number of rotatable bonds is 5. The molecule has 9 heteroatoms. The summed E-state index contributed by atoms with van der Waals surface area (Å²) in [7, 11) is 1.27. The Morgan fingerprint density at radius 1 is 1.56 bits per heavy atom. The number of methoxy groups -OCH3 is 1. The van der Waals surface area contributed by atoms with Gasteiger partial charge in [0, 0.05) is 12.1 Å². The maximum Gasteiger partial charge on any atom is 0.293 e. The smallest absolute Gasteiger partial charge is 0.293 e. The van der Waals surface area contributed by atoms with Crippen LogP contribution < -0.4 is 10.5 Å². The molecule has 1 amide bonds. The lowest BCUT2D eigenvalue weighted by Crippen LogP contribution is -2.34. The number of primary amides is 1. The molecule has 18 heavy (non-hydrogen) atoms. The number of carbonyl (C=O) groups is 1. The second kappa shape index (κ2) is 5.38. The van der Waals surface area contributed by atoms with Crippen molar-refractivity contribution < 1.29 is 24.7 Å². The maximum atomic E-state index is 10.7. The van der Waals surface area contributed by atoms with Crippen molar-refractivity contribution in [3.05, 3.63) is 27.9 Å². The minimum absolute atomic E-state index is 0.00804. The van der Waals surface area contributed by atoms with Gasteiger partial charge in [0.15, 0.2) is 11.8 Å². The molecular formula is C9H11N3O6. The minimum atomic E-state index is -2.00. The zero-order chi connectivity index (χ0) is 13.9. The molecule has 9 nitrogen and oxygen atoms in total. The average Bonchev–Trinajstić information content (AvgIpc) is 2.35. The molecule has 0 spiro atoms. The van der Waals surface area contributed by atoms with Gasteiger partial charge >= 0.3 is 0 Å². The molecule has 0 radical (unpaired) electrons. The van der Waals surface area contributed by atoms with E-state index in [0.29, 0.717) is 0 Å². The number of amides is 1. The van der Waals surface area contributed by atoms with Crippen LogP contribution in [-0.4, -0.2) is 39.2 Å². The van der Waals surface area contributed by atoms with Crippen molar-refractivity contribution in [2.75, 3.05) is 7.11 Å². The molecule has 98 valence electrons. The Morgan fingerprint density at radius 3 is 2.61 bits per heavy atom. The highest BCUT2D eigenvalue weighted by Crippen LogP contribution is 2.27. The number of nitrogens with zero attached hydrogens (tertiary/aromatic N) is 2. The first-order chi connectivity index (χ1) is 8.38. The summed E-state index contributed by atoms with van der Waals surface area (Å²) in [4.78, 5) is 24.3. The van der Waals surface area contributed by atoms with Crippen LogP contribution in [0.15, 0.2) is 12.1 Å². The van der Waals surface area contributed by atoms with Crippen LogP contribution in [0.4, 0.5) is 5.69 Å². The third-order valence-electron chi connectivity index (χ3n) is 2.15. The Hall–Kier alpha value is -2.26. The number of carbonyl (C=O) groups excluding carboxylic acids is 1. The largest absolute Gasteiger partial charge is 0.481 e. The lowest BCUT2D eigenvalue weighted by atomic mass is 10.1. The molecule has 1 heterocycles. The first-order valence-electron chi connectivity index (χ1n) is 4.73. The van der Waals surface area contributed by atoms with E-state index in [2.05, 4.69) is 4.98 Å². The molecule has 2 atom stereocenters. The normalized spacial score (nSPS) is 13.7. The third kappa shape index (κ3) is 2.70. The highest BCUT2D eigenvalue weighted by Gasteiger charge is 2.31. The standard InChI is InChI=1S/C9H11N3O6/c1-18-5-3-2-4(12(16)17)6(11-5)7(13)8(14)9(10)15/h2-3,7-8,13-14H,1H3,(H2,10,15). The Bertz CT molecular complexity index is 477. The predicted molar refractivity (Wildman–Crippen MR) is 57.6 cm³/mol. The SMILES string of the molecule is COc1ccc([N+](=O)[O-])c(C(O)C(O)C(N)=O)n1. The molecular weight excluding hydrogens is 246 g/mol. The van der Waals surface area contributed by atoms with Crippen LogP contribution in [0.2, 0.25) is 0 Å². The van der Waals surface area contributed by atoms with Crippen molar-refractivity contribution in [1.82, 2.24) is 4.98 Å².